The molecule has 26 heavy (non-hydrogen) atoms. The van der Waals surface area contributed by atoms with Crippen molar-refractivity contribution in [3.05, 3.63) is 65.7 Å². The smallest absolute Gasteiger partial charge is 0.181 e. The molecule has 1 atom stereocenters. The van der Waals surface area contributed by atoms with Crippen molar-refractivity contribution < 1.29 is 17.9 Å². The molecule has 0 aliphatic carbocycles. The van der Waals surface area contributed by atoms with Gasteiger partial charge in [-0.15, -0.1) is 0 Å². The molecule has 0 amide bonds. The zero-order valence-electron chi connectivity index (χ0n) is 15.4. The Morgan fingerprint density at radius 3 is 2.23 bits per heavy atom. The number of hydrogen-bond acceptors (Lipinski definition) is 4. The zero-order chi connectivity index (χ0) is 18.6. The quantitative estimate of drug-likeness (QED) is 0.737. The molecule has 0 N–H and O–H groups in total. The summed E-state index contributed by atoms with van der Waals surface area (Å²) in [4.78, 5) is 0.364. The first kappa shape index (κ1) is 19.1. The first-order valence-electron chi connectivity index (χ1n) is 9.01. The molecule has 3 rings (SSSR count). The summed E-state index contributed by atoms with van der Waals surface area (Å²) in [6.45, 7) is 4.80. The van der Waals surface area contributed by atoms with E-state index < -0.39 is 20.9 Å². The molecule has 0 saturated carbocycles. The van der Waals surface area contributed by atoms with E-state index in [2.05, 4.69) is 0 Å². The maximum Gasteiger partial charge on any atom is 0.181 e. The SMILES string of the molecule is Cc1ccc(S(=O)(=O)C(CCc2ccccc2)CC2(C)OCCO2)cc1. The summed E-state index contributed by atoms with van der Waals surface area (Å²) >= 11 is 0. The third kappa shape index (κ3) is 4.53. The van der Waals surface area contributed by atoms with E-state index in [-0.39, 0.29) is 0 Å². The Hall–Kier alpha value is -1.69. The number of rotatable bonds is 7. The predicted molar refractivity (Wildman–Crippen MR) is 102 cm³/mol. The molecule has 4 nitrogen and oxygen atoms in total. The molecule has 1 aliphatic heterocycles. The molecule has 140 valence electrons. The third-order valence-corrected chi connectivity index (χ3v) is 7.09. The fraction of sp³-hybridized carbons (Fsp3) is 0.429. The van der Waals surface area contributed by atoms with E-state index in [0.29, 0.717) is 37.4 Å². The van der Waals surface area contributed by atoms with Gasteiger partial charge >= 0.3 is 0 Å². The van der Waals surface area contributed by atoms with Crippen LogP contribution in [0.4, 0.5) is 0 Å². The first-order chi connectivity index (χ1) is 12.4. The molecule has 1 unspecified atom stereocenters. The predicted octanol–water partition coefficient (Wildman–Crippen LogP) is 3.92. The summed E-state index contributed by atoms with van der Waals surface area (Å²) in [7, 11) is -3.47. The molecule has 0 aromatic heterocycles. The molecule has 0 radical (unpaired) electrons. The summed E-state index contributed by atoms with van der Waals surface area (Å²) < 4.78 is 37.9. The number of sulfone groups is 1. The minimum Gasteiger partial charge on any atom is -0.348 e. The molecular weight excluding hydrogens is 348 g/mol. The summed E-state index contributed by atoms with van der Waals surface area (Å²) in [5.74, 6) is -0.834. The van der Waals surface area contributed by atoms with Gasteiger partial charge in [-0.05, 0) is 44.4 Å². The molecule has 0 bridgehead atoms. The molecule has 1 saturated heterocycles. The minimum absolute atomic E-state index is 0.329. The van der Waals surface area contributed by atoms with Crippen molar-refractivity contribution in [2.75, 3.05) is 13.2 Å². The van der Waals surface area contributed by atoms with Gasteiger partial charge in [0.15, 0.2) is 15.6 Å². The topological polar surface area (TPSA) is 52.6 Å². The number of aryl methyl sites for hydroxylation is 2. The molecule has 2 aromatic carbocycles. The van der Waals surface area contributed by atoms with E-state index in [9.17, 15) is 8.42 Å². The van der Waals surface area contributed by atoms with Crippen molar-refractivity contribution in [2.24, 2.45) is 0 Å². The highest BCUT2D eigenvalue weighted by molar-refractivity contribution is 7.92. The van der Waals surface area contributed by atoms with Crippen LogP contribution in [0.15, 0.2) is 59.5 Å². The van der Waals surface area contributed by atoms with Crippen molar-refractivity contribution in [1.82, 2.24) is 0 Å². The fourth-order valence-corrected chi connectivity index (χ4v) is 5.20. The second-order valence-electron chi connectivity index (χ2n) is 7.04. The van der Waals surface area contributed by atoms with Crippen molar-refractivity contribution in [2.45, 2.75) is 49.0 Å². The molecule has 5 heteroatoms. The Morgan fingerprint density at radius 1 is 1.00 bits per heavy atom. The highest BCUT2D eigenvalue weighted by Gasteiger charge is 2.39. The van der Waals surface area contributed by atoms with Crippen molar-refractivity contribution in [3.8, 4) is 0 Å². The largest absolute Gasteiger partial charge is 0.348 e. The van der Waals surface area contributed by atoms with Crippen molar-refractivity contribution >= 4 is 9.84 Å². The monoisotopic (exact) mass is 374 g/mol. The third-order valence-electron chi connectivity index (χ3n) is 4.88. The van der Waals surface area contributed by atoms with Gasteiger partial charge in [0.05, 0.1) is 23.4 Å². The van der Waals surface area contributed by atoms with Gasteiger partial charge in [-0.3, -0.25) is 0 Å². The molecule has 1 fully saturated rings. The maximum atomic E-state index is 13.3. The van der Waals surface area contributed by atoms with Crippen LogP contribution in [0.2, 0.25) is 0 Å². The van der Waals surface area contributed by atoms with Crippen LogP contribution in [-0.4, -0.2) is 32.7 Å². The fourth-order valence-electron chi connectivity index (χ4n) is 3.35. The van der Waals surface area contributed by atoms with Crippen LogP contribution in [0.25, 0.3) is 0 Å². The molecule has 1 heterocycles. The van der Waals surface area contributed by atoms with Gasteiger partial charge in [0.25, 0.3) is 0 Å². The lowest BCUT2D eigenvalue weighted by Gasteiger charge is -2.28. The highest BCUT2D eigenvalue weighted by atomic mass is 32.2. The van der Waals surface area contributed by atoms with Gasteiger partial charge in [0.1, 0.15) is 0 Å². The standard InChI is InChI=1S/C21H26O4S/c1-17-8-11-19(12-9-17)26(22,23)20(16-21(2)24-14-15-25-21)13-10-18-6-4-3-5-7-18/h3-9,11-12,20H,10,13-16H2,1-2H3. The molecular formula is C21H26O4S. The zero-order valence-corrected chi connectivity index (χ0v) is 16.2. The Morgan fingerprint density at radius 2 is 1.62 bits per heavy atom. The number of hydrogen-bond donors (Lipinski definition) is 0. The van der Waals surface area contributed by atoms with Crippen LogP contribution in [0.5, 0.6) is 0 Å². The summed E-state index contributed by atoms with van der Waals surface area (Å²) in [5, 5.41) is -0.562. The van der Waals surface area contributed by atoms with Crippen LogP contribution in [0.3, 0.4) is 0 Å². The van der Waals surface area contributed by atoms with Gasteiger partial charge in [0, 0.05) is 6.42 Å². The molecule has 1 aliphatic rings. The van der Waals surface area contributed by atoms with E-state index in [4.69, 9.17) is 9.47 Å². The van der Waals surface area contributed by atoms with E-state index >= 15 is 0 Å². The average Bonchev–Trinajstić information content (AvgIpc) is 3.06. The second kappa shape index (κ2) is 7.91. The summed E-state index contributed by atoms with van der Waals surface area (Å²) in [5.41, 5.74) is 2.18. The van der Waals surface area contributed by atoms with E-state index in [1.807, 2.05) is 56.3 Å². The Bertz CT molecular complexity index is 807. The Labute approximate surface area is 156 Å². The van der Waals surface area contributed by atoms with E-state index in [0.717, 1.165) is 11.1 Å². The van der Waals surface area contributed by atoms with Crippen LogP contribution >= 0.6 is 0 Å². The van der Waals surface area contributed by atoms with Crippen LogP contribution in [0.1, 0.15) is 30.9 Å². The second-order valence-corrected chi connectivity index (χ2v) is 9.27. The molecule has 0 spiro atoms. The minimum atomic E-state index is -3.47. The Balaban J connectivity index is 1.84. The van der Waals surface area contributed by atoms with E-state index in [1.54, 1.807) is 12.1 Å². The lowest BCUT2D eigenvalue weighted by atomic mass is 10.0. The van der Waals surface area contributed by atoms with E-state index in [1.165, 1.54) is 0 Å². The van der Waals surface area contributed by atoms with Gasteiger partial charge in [-0.1, -0.05) is 48.0 Å². The van der Waals surface area contributed by atoms with Crippen LogP contribution in [-0.2, 0) is 25.7 Å². The summed E-state index contributed by atoms with van der Waals surface area (Å²) in [6, 6.07) is 17.0. The van der Waals surface area contributed by atoms with Crippen molar-refractivity contribution in [3.63, 3.8) is 0 Å². The summed E-state index contributed by atoms with van der Waals surface area (Å²) in [6.07, 6.45) is 1.56. The Kier molecular flexibility index (Phi) is 5.80. The van der Waals surface area contributed by atoms with Gasteiger partial charge < -0.3 is 9.47 Å². The van der Waals surface area contributed by atoms with Gasteiger partial charge in [-0.25, -0.2) is 8.42 Å². The number of benzene rings is 2. The lowest BCUT2D eigenvalue weighted by Crippen LogP contribution is -2.35. The van der Waals surface area contributed by atoms with Crippen LogP contribution in [0, 0.1) is 6.92 Å². The number of ether oxygens (including phenoxy) is 2. The normalized spacial score (nSPS) is 17.9. The van der Waals surface area contributed by atoms with Crippen LogP contribution < -0.4 is 0 Å². The lowest BCUT2D eigenvalue weighted by molar-refractivity contribution is -0.146. The first-order valence-corrected chi connectivity index (χ1v) is 10.6. The van der Waals surface area contributed by atoms with Crippen molar-refractivity contribution in [1.29, 1.82) is 0 Å². The molecule has 2 aromatic rings. The maximum absolute atomic E-state index is 13.3. The van der Waals surface area contributed by atoms with Gasteiger partial charge in [0.2, 0.25) is 0 Å². The van der Waals surface area contributed by atoms with Gasteiger partial charge in [-0.2, -0.15) is 0 Å². The average molecular weight is 375 g/mol. The highest BCUT2D eigenvalue weighted by Crippen LogP contribution is 2.31.